The molecule has 1 saturated heterocycles. The highest BCUT2D eigenvalue weighted by Gasteiger charge is 2.48. The van der Waals surface area contributed by atoms with Crippen molar-refractivity contribution < 1.29 is 9.15 Å². The first-order valence-electron chi connectivity index (χ1n) is 7.82. The van der Waals surface area contributed by atoms with Crippen LogP contribution in [0.25, 0.3) is 0 Å². The van der Waals surface area contributed by atoms with Crippen molar-refractivity contribution in [3.05, 3.63) is 66.4 Å². The van der Waals surface area contributed by atoms with Crippen LogP contribution < -0.4 is 0 Å². The molecule has 1 unspecified atom stereocenters. The molecule has 2 aliphatic heterocycles. The zero-order chi connectivity index (χ0) is 15.0. The van der Waals surface area contributed by atoms with Gasteiger partial charge in [-0.2, -0.15) is 0 Å². The SMILES string of the molecule is C=CCN1CCC2(CC1)OC(c1ncco1)c1ccccc12. The van der Waals surface area contributed by atoms with Gasteiger partial charge >= 0.3 is 0 Å². The first kappa shape index (κ1) is 13.7. The van der Waals surface area contributed by atoms with Crippen molar-refractivity contribution in [2.45, 2.75) is 24.5 Å². The van der Waals surface area contributed by atoms with Crippen LogP contribution in [0.5, 0.6) is 0 Å². The molecule has 3 heterocycles. The lowest BCUT2D eigenvalue weighted by atomic mass is 9.83. The second-order valence-corrected chi connectivity index (χ2v) is 6.04. The molecule has 0 N–H and O–H groups in total. The lowest BCUT2D eigenvalue weighted by molar-refractivity contribution is -0.102. The first-order chi connectivity index (χ1) is 10.8. The standard InChI is InChI=1S/C18H20N2O2/c1-2-10-20-11-7-18(8-12-20)15-6-4-3-5-14(15)16(22-18)17-19-9-13-21-17/h2-6,9,13,16H,1,7-8,10-12H2. The van der Waals surface area contributed by atoms with E-state index >= 15 is 0 Å². The fourth-order valence-electron chi connectivity index (χ4n) is 3.71. The molecule has 1 spiro atoms. The average Bonchev–Trinajstić information content (AvgIpc) is 3.18. The van der Waals surface area contributed by atoms with Gasteiger partial charge in [-0.1, -0.05) is 30.3 Å². The molecule has 4 nitrogen and oxygen atoms in total. The van der Waals surface area contributed by atoms with E-state index in [0.29, 0.717) is 5.89 Å². The number of hydrogen-bond acceptors (Lipinski definition) is 4. The van der Waals surface area contributed by atoms with Crippen LogP contribution in [0, 0.1) is 0 Å². The predicted molar refractivity (Wildman–Crippen MR) is 83.4 cm³/mol. The number of likely N-dealkylation sites (tertiary alicyclic amines) is 1. The van der Waals surface area contributed by atoms with Gasteiger partial charge in [0.2, 0.25) is 5.89 Å². The quantitative estimate of drug-likeness (QED) is 0.815. The molecule has 114 valence electrons. The van der Waals surface area contributed by atoms with Crippen LogP contribution in [0.1, 0.15) is 36.0 Å². The average molecular weight is 296 g/mol. The fourth-order valence-corrected chi connectivity index (χ4v) is 3.71. The summed E-state index contributed by atoms with van der Waals surface area (Å²) in [5.74, 6) is 0.651. The first-order valence-corrected chi connectivity index (χ1v) is 7.82. The van der Waals surface area contributed by atoms with Crippen LogP contribution in [0.4, 0.5) is 0 Å². The number of piperidine rings is 1. The molecule has 0 radical (unpaired) electrons. The van der Waals surface area contributed by atoms with E-state index in [0.717, 1.165) is 32.5 Å². The number of rotatable bonds is 3. The third-order valence-electron chi connectivity index (χ3n) is 4.80. The third kappa shape index (κ3) is 2.11. The van der Waals surface area contributed by atoms with Crippen molar-refractivity contribution >= 4 is 0 Å². The minimum Gasteiger partial charge on any atom is -0.446 e. The summed E-state index contributed by atoms with van der Waals surface area (Å²) in [5, 5.41) is 0. The Labute approximate surface area is 130 Å². The van der Waals surface area contributed by atoms with Crippen LogP contribution in [0.2, 0.25) is 0 Å². The largest absolute Gasteiger partial charge is 0.446 e. The van der Waals surface area contributed by atoms with E-state index in [1.807, 2.05) is 6.08 Å². The second-order valence-electron chi connectivity index (χ2n) is 6.04. The minimum atomic E-state index is -0.201. The van der Waals surface area contributed by atoms with Gasteiger partial charge in [-0.3, -0.25) is 4.90 Å². The van der Waals surface area contributed by atoms with Gasteiger partial charge in [-0.15, -0.1) is 6.58 Å². The lowest BCUT2D eigenvalue weighted by Gasteiger charge is -2.39. The fraction of sp³-hybridized carbons (Fsp3) is 0.389. The topological polar surface area (TPSA) is 38.5 Å². The molecule has 2 aromatic rings. The van der Waals surface area contributed by atoms with Crippen molar-refractivity contribution in [3.8, 4) is 0 Å². The number of benzene rings is 1. The van der Waals surface area contributed by atoms with Crippen LogP contribution >= 0.6 is 0 Å². The summed E-state index contributed by atoms with van der Waals surface area (Å²) >= 11 is 0. The predicted octanol–water partition coefficient (Wildman–Crippen LogP) is 3.27. The molecular weight excluding hydrogens is 276 g/mol. The Hall–Kier alpha value is -1.91. The molecule has 22 heavy (non-hydrogen) atoms. The Morgan fingerprint density at radius 2 is 2.14 bits per heavy atom. The number of oxazole rings is 1. The highest BCUT2D eigenvalue weighted by molar-refractivity contribution is 5.41. The van der Waals surface area contributed by atoms with E-state index in [1.165, 1.54) is 11.1 Å². The Balaban J connectivity index is 1.67. The number of nitrogens with zero attached hydrogens (tertiary/aromatic N) is 2. The van der Waals surface area contributed by atoms with Gasteiger partial charge in [0.1, 0.15) is 6.26 Å². The molecular formula is C18H20N2O2. The molecule has 1 fully saturated rings. The van der Waals surface area contributed by atoms with Crippen molar-refractivity contribution in [1.29, 1.82) is 0 Å². The number of hydrogen-bond donors (Lipinski definition) is 0. The van der Waals surface area contributed by atoms with Crippen molar-refractivity contribution in [1.82, 2.24) is 9.88 Å². The van der Waals surface area contributed by atoms with Crippen molar-refractivity contribution in [2.75, 3.05) is 19.6 Å². The van der Waals surface area contributed by atoms with Crippen molar-refractivity contribution in [3.63, 3.8) is 0 Å². The minimum absolute atomic E-state index is 0.183. The lowest BCUT2D eigenvalue weighted by Crippen LogP contribution is -2.42. The maximum absolute atomic E-state index is 6.52. The monoisotopic (exact) mass is 296 g/mol. The highest BCUT2D eigenvalue weighted by atomic mass is 16.5. The van der Waals surface area contributed by atoms with E-state index in [-0.39, 0.29) is 11.7 Å². The molecule has 1 aromatic carbocycles. The van der Waals surface area contributed by atoms with Crippen LogP contribution in [-0.4, -0.2) is 29.5 Å². The van der Waals surface area contributed by atoms with Gasteiger partial charge < -0.3 is 9.15 Å². The van der Waals surface area contributed by atoms with Gasteiger partial charge in [0.25, 0.3) is 0 Å². The molecule has 0 aliphatic carbocycles. The third-order valence-corrected chi connectivity index (χ3v) is 4.80. The van der Waals surface area contributed by atoms with Gasteiger partial charge in [0, 0.05) is 19.6 Å². The van der Waals surface area contributed by atoms with Crippen LogP contribution in [0.3, 0.4) is 0 Å². The molecule has 1 aromatic heterocycles. The second kappa shape index (κ2) is 5.38. The Kier molecular flexibility index (Phi) is 3.36. The zero-order valence-corrected chi connectivity index (χ0v) is 12.6. The zero-order valence-electron chi connectivity index (χ0n) is 12.6. The van der Waals surface area contributed by atoms with E-state index in [4.69, 9.17) is 9.15 Å². The molecule has 2 aliphatic rings. The molecule has 0 amide bonds. The Morgan fingerprint density at radius 3 is 2.86 bits per heavy atom. The van der Waals surface area contributed by atoms with Crippen LogP contribution in [0.15, 0.2) is 53.8 Å². The van der Waals surface area contributed by atoms with Crippen LogP contribution in [-0.2, 0) is 10.3 Å². The molecule has 4 rings (SSSR count). The Bertz CT molecular complexity index is 657. The number of fused-ring (bicyclic) bond motifs is 2. The molecule has 0 bridgehead atoms. The summed E-state index contributed by atoms with van der Waals surface area (Å²) in [5.41, 5.74) is 2.30. The van der Waals surface area contributed by atoms with Crippen molar-refractivity contribution in [2.24, 2.45) is 0 Å². The molecule has 0 saturated carbocycles. The summed E-state index contributed by atoms with van der Waals surface area (Å²) in [6, 6.07) is 8.48. The van der Waals surface area contributed by atoms with E-state index < -0.39 is 0 Å². The molecule has 1 atom stereocenters. The van der Waals surface area contributed by atoms with E-state index in [1.54, 1.807) is 12.5 Å². The number of aromatic nitrogens is 1. The Morgan fingerprint density at radius 1 is 1.32 bits per heavy atom. The highest BCUT2D eigenvalue weighted by Crippen LogP contribution is 2.50. The van der Waals surface area contributed by atoms with Gasteiger partial charge in [0.15, 0.2) is 6.10 Å². The van der Waals surface area contributed by atoms with Gasteiger partial charge in [-0.25, -0.2) is 4.98 Å². The summed E-state index contributed by atoms with van der Waals surface area (Å²) in [7, 11) is 0. The summed E-state index contributed by atoms with van der Waals surface area (Å²) in [4.78, 5) is 6.72. The van der Waals surface area contributed by atoms with E-state index in [2.05, 4.69) is 40.7 Å². The van der Waals surface area contributed by atoms with E-state index in [9.17, 15) is 0 Å². The summed E-state index contributed by atoms with van der Waals surface area (Å²) in [6.45, 7) is 6.83. The molecule has 4 heteroatoms. The smallest absolute Gasteiger partial charge is 0.227 e. The maximum Gasteiger partial charge on any atom is 0.227 e. The summed E-state index contributed by atoms with van der Waals surface area (Å²) in [6.07, 6.45) is 7.07. The normalized spacial score (nSPS) is 23.5. The maximum atomic E-state index is 6.52. The van der Waals surface area contributed by atoms with Gasteiger partial charge in [0.05, 0.1) is 11.8 Å². The van der Waals surface area contributed by atoms with Gasteiger partial charge in [-0.05, 0) is 24.0 Å². The number of ether oxygens (including phenoxy) is 1. The summed E-state index contributed by atoms with van der Waals surface area (Å²) < 4.78 is 12.0.